The van der Waals surface area contributed by atoms with Crippen LogP contribution in [-0.2, 0) is 0 Å². The molecule has 0 aliphatic rings. The number of carbonyl (C=O) groups is 1. The standard InChI is InChI=1S/C17H20N2O2/c1-12(18-2)13-8-10-14(11-9-13)19-17(20)15-6-4-5-7-16(15)21-3/h4-12,18H,1-3H3,(H,19,20). The molecule has 0 aliphatic heterocycles. The zero-order valence-corrected chi connectivity index (χ0v) is 12.5. The molecule has 2 rings (SSSR count). The van der Waals surface area contributed by atoms with Crippen molar-refractivity contribution in [3.05, 3.63) is 59.7 Å². The smallest absolute Gasteiger partial charge is 0.259 e. The van der Waals surface area contributed by atoms with Gasteiger partial charge < -0.3 is 15.4 Å². The van der Waals surface area contributed by atoms with Crippen molar-refractivity contribution < 1.29 is 9.53 Å². The first-order valence-corrected chi connectivity index (χ1v) is 6.87. The van der Waals surface area contributed by atoms with E-state index in [0.717, 1.165) is 5.69 Å². The van der Waals surface area contributed by atoms with Crippen LogP contribution >= 0.6 is 0 Å². The topological polar surface area (TPSA) is 50.4 Å². The second-order valence-electron chi connectivity index (χ2n) is 4.79. The lowest BCUT2D eigenvalue weighted by atomic mass is 10.1. The average Bonchev–Trinajstić information content (AvgIpc) is 2.54. The molecule has 1 amide bonds. The van der Waals surface area contributed by atoms with E-state index in [1.54, 1.807) is 19.2 Å². The number of benzene rings is 2. The minimum atomic E-state index is -0.179. The number of amides is 1. The Hall–Kier alpha value is -2.33. The summed E-state index contributed by atoms with van der Waals surface area (Å²) in [4.78, 5) is 12.3. The van der Waals surface area contributed by atoms with Gasteiger partial charge in [0.25, 0.3) is 5.91 Å². The van der Waals surface area contributed by atoms with Crippen LogP contribution in [0.5, 0.6) is 5.75 Å². The van der Waals surface area contributed by atoms with E-state index < -0.39 is 0 Å². The Balaban J connectivity index is 2.12. The van der Waals surface area contributed by atoms with E-state index in [-0.39, 0.29) is 11.9 Å². The Morgan fingerprint density at radius 3 is 2.38 bits per heavy atom. The SMILES string of the molecule is CNC(C)c1ccc(NC(=O)c2ccccc2OC)cc1. The second kappa shape index (κ2) is 6.90. The van der Waals surface area contributed by atoms with E-state index in [9.17, 15) is 4.79 Å². The quantitative estimate of drug-likeness (QED) is 0.886. The highest BCUT2D eigenvalue weighted by Crippen LogP contribution is 2.20. The van der Waals surface area contributed by atoms with E-state index in [1.165, 1.54) is 5.56 Å². The van der Waals surface area contributed by atoms with Gasteiger partial charge in [-0.05, 0) is 43.8 Å². The Morgan fingerprint density at radius 1 is 1.10 bits per heavy atom. The van der Waals surface area contributed by atoms with Gasteiger partial charge in [0.15, 0.2) is 0 Å². The normalized spacial score (nSPS) is 11.8. The highest BCUT2D eigenvalue weighted by Gasteiger charge is 2.11. The molecule has 0 bridgehead atoms. The van der Waals surface area contributed by atoms with Crippen LogP contribution in [-0.4, -0.2) is 20.1 Å². The first-order valence-electron chi connectivity index (χ1n) is 6.87. The van der Waals surface area contributed by atoms with Crippen molar-refractivity contribution in [1.82, 2.24) is 5.32 Å². The molecule has 0 fully saturated rings. The maximum absolute atomic E-state index is 12.3. The lowest BCUT2D eigenvalue weighted by molar-refractivity contribution is 0.102. The van der Waals surface area contributed by atoms with Crippen molar-refractivity contribution in [2.45, 2.75) is 13.0 Å². The highest BCUT2D eigenvalue weighted by molar-refractivity contribution is 6.06. The summed E-state index contributed by atoms with van der Waals surface area (Å²) in [6, 6.07) is 15.2. The molecule has 0 spiro atoms. The van der Waals surface area contributed by atoms with Crippen molar-refractivity contribution in [2.75, 3.05) is 19.5 Å². The second-order valence-corrected chi connectivity index (χ2v) is 4.79. The lowest BCUT2D eigenvalue weighted by Crippen LogP contribution is -2.14. The molecule has 0 heterocycles. The minimum Gasteiger partial charge on any atom is -0.496 e. The van der Waals surface area contributed by atoms with Gasteiger partial charge in [-0.1, -0.05) is 24.3 Å². The molecule has 0 radical (unpaired) electrons. The summed E-state index contributed by atoms with van der Waals surface area (Å²) in [6.07, 6.45) is 0. The minimum absolute atomic E-state index is 0.179. The van der Waals surface area contributed by atoms with Crippen LogP contribution in [0.2, 0.25) is 0 Å². The first kappa shape index (κ1) is 15.1. The fraction of sp³-hybridized carbons (Fsp3) is 0.235. The molecule has 0 saturated carbocycles. The van der Waals surface area contributed by atoms with Gasteiger partial charge in [0.1, 0.15) is 5.75 Å². The van der Waals surface area contributed by atoms with Gasteiger partial charge in [-0.3, -0.25) is 4.79 Å². The number of anilines is 1. The van der Waals surface area contributed by atoms with Gasteiger partial charge in [-0.25, -0.2) is 0 Å². The van der Waals surface area contributed by atoms with E-state index >= 15 is 0 Å². The van der Waals surface area contributed by atoms with Crippen molar-refractivity contribution in [3.8, 4) is 5.75 Å². The summed E-state index contributed by atoms with van der Waals surface area (Å²) in [7, 11) is 3.47. The van der Waals surface area contributed by atoms with Crippen LogP contribution in [0.4, 0.5) is 5.69 Å². The Labute approximate surface area is 125 Å². The molecule has 1 atom stereocenters. The fourth-order valence-corrected chi connectivity index (χ4v) is 2.05. The summed E-state index contributed by atoms with van der Waals surface area (Å²) in [5.74, 6) is 0.386. The largest absolute Gasteiger partial charge is 0.496 e. The van der Waals surface area contributed by atoms with Gasteiger partial charge in [-0.15, -0.1) is 0 Å². The summed E-state index contributed by atoms with van der Waals surface area (Å²) in [5, 5.41) is 6.06. The van der Waals surface area contributed by atoms with Crippen molar-refractivity contribution >= 4 is 11.6 Å². The number of ether oxygens (including phenoxy) is 1. The summed E-state index contributed by atoms with van der Waals surface area (Å²) < 4.78 is 5.20. The average molecular weight is 284 g/mol. The van der Waals surface area contributed by atoms with Crippen LogP contribution in [0.25, 0.3) is 0 Å². The molecule has 0 saturated heterocycles. The van der Waals surface area contributed by atoms with Gasteiger partial charge in [0, 0.05) is 11.7 Å². The summed E-state index contributed by atoms with van der Waals surface area (Å²) >= 11 is 0. The zero-order chi connectivity index (χ0) is 15.2. The Bertz CT molecular complexity index is 608. The first-order chi connectivity index (χ1) is 10.2. The van der Waals surface area contributed by atoms with Crippen LogP contribution < -0.4 is 15.4 Å². The number of hydrogen-bond donors (Lipinski definition) is 2. The van der Waals surface area contributed by atoms with Gasteiger partial charge in [0.2, 0.25) is 0 Å². The Kier molecular flexibility index (Phi) is 4.95. The molecule has 2 aromatic rings. The number of carbonyl (C=O) groups excluding carboxylic acids is 1. The van der Waals surface area contributed by atoms with Crippen molar-refractivity contribution in [3.63, 3.8) is 0 Å². The molecule has 4 nitrogen and oxygen atoms in total. The number of rotatable bonds is 5. The van der Waals surface area contributed by atoms with E-state index in [2.05, 4.69) is 17.6 Å². The monoisotopic (exact) mass is 284 g/mol. The molecule has 1 unspecified atom stereocenters. The molecule has 21 heavy (non-hydrogen) atoms. The molecule has 0 aliphatic carbocycles. The lowest BCUT2D eigenvalue weighted by Gasteiger charge is -2.12. The number of methoxy groups -OCH3 is 1. The van der Waals surface area contributed by atoms with Crippen molar-refractivity contribution in [1.29, 1.82) is 0 Å². The molecular weight excluding hydrogens is 264 g/mol. The van der Waals surface area contributed by atoms with Crippen LogP contribution in [0.1, 0.15) is 28.9 Å². The number of nitrogens with one attached hydrogen (secondary N) is 2. The molecule has 110 valence electrons. The van der Waals surface area contributed by atoms with E-state index in [4.69, 9.17) is 4.74 Å². The zero-order valence-electron chi connectivity index (χ0n) is 12.5. The van der Waals surface area contributed by atoms with Crippen LogP contribution in [0.15, 0.2) is 48.5 Å². The van der Waals surface area contributed by atoms with Gasteiger partial charge in [0.05, 0.1) is 12.7 Å². The fourth-order valence-electron chi connectivity index (χ4n) is 2.05. The van der Waals surface area contributed by atoms with Crippen molar-refractivity contribution in [2.24, 2.45) is 0 Å². The van der Waals surface area contributed by atoms with Gasteiger partial charge >= 0.3 is 0 Å². The number of hydrogen-bond acceptors (Lipinski definition) is 3. The van der Waals surface area contributed by atoms with E-state index in [0.29, 0.717) is 11.3 Å². The third kappa shape index (κ3) is 3.61. The van der Waals surface area contributed by atoms with E-state index in [1.807, 2.05) is 43.4 Å². The van der Waals surface area contributed by atoms with Crippen LogP contribution in [0.3, 0.4) is 0 Å². The maximum Gasteiger partial charge on any atom is 0.259 e. The summed E-state index contributed by atoms with van der Waals surface area (Å²) in [6.45, 7) is 2.09. The third-order valence-corrected chi connectivity index (χ3v) is 3.45. The molecule has 2 N–H and O–H groups in total. The maximum atomic E-state index is 12.3. The molecular formula is C17H20N2O2. The van der Waals surface area contributed by atoms with Gasteiger partial charge in [-0.2, -0.15) is 0 Å². The predicted octanol–water partition coefficient (Wildman–Crippen LogP) is 3.23. The number of para-hydroxylation sites is 1. The molecule has 4 heteroatoms. The molecule has 0 aromatic heterocycles. The third-order valence-electron chi connectivity index (χ3n) is 3.45. The molecule has 2 aromatic carbocycles. The predicted molar refractivity (Wildman–Crippen MR) is 84.9 cm³/mol. The summed E-state index contributed by atoms with van der Waals surface area (Å²) in [5.41, 5.74) is 2.46. The highest BCUT2D eigenvalue weighted by atomic mass is 16.5. The Morgan fingerprint density at radius 2 is 1.76 bits per heavy atom. The van der Waals surface area contributed by atoms with Crippen LogP contribution in [0, 0.1) is 0 Å².